The molecule has 0 aromatic heterocycles. The number of methoxy groups -OCH3 is 2. The molecule has 0 bridgehead atoms. The van der Waals surface area contributed by atoms with E-state index in [1.807, 2.05) is 0 Å². The minimum atomic E-state index is 0.0599. The highest BCUT2D eigenvalue weighted by Crippen LogP contribution is 2.43. The van der Waals surface area contributed by atoms with Crippen LogP contribution < -0.4 is 0 Å². The third-order valence-electron chi connectivity index (χ3n) is 4.35. The largest absolute Gasteiger partial charge is 0.384 e. The Morgan fingerprint density at radius 2 is 1.56 bits per heavy atom. The highest BCUT2D eigenvalue weighted by molar-refractivity contribution is 4.91. The third kappa shape index (κ3) is 3.94. The number of hydrogen-bond donors (Lipinski definition) is 0. The average Bonchev–Trinajstić information content (AvgIpc) is 2.28. The smallest absolute Gasteiger partial charge is 0.0573 e. The van der Waals surface area contributed by atoms with Crippen molar-refractivity contribution in [1.29, 1.82) is 0 Å². The second-order valence-electron chi connectivity index (χ2n) is 5.61. The molecule has 1 saturated carbocycles. The Hall–Kier alpha value is -0.120. The molecule has 1 aliphatic carbocycles. The van der Waals surface area contributed by atoms with Crippen LogP contribution in [0.3, 0.4) is 0 Å². The number of ether oxygens (including phenoxy) is 3. The molecule has 1 aliphatic rings. The zero-order valence-corrected chi connectivity index (χ0v) is 12.5. The molecule has 108 valence electrons. The van der Waals surface area contributed by atoms with Gasteiger partial charge in [0.15, 0.2) is 0 Å². The van der Waals surface area contributed by atoms with Gasteiger partial charge in [-0.1, -0.05) is 20.3 Å². The Morgan fingerprint density at radius 1 is 1.00 bits per heavy atom. The lowest BCUT2D eigenvalue weighted by Crippen LogP contribution is -2.47. The lowest BCUT2D eigenvalue weighted by Gasteiger charge is -2.45. The average molecular weight is 258 g/mol. The lowest BCUT2D eigenvalue weighted by molar-refractivity contribution is -0.118. The summed E-state index contributed by atoms with van der Waals surface area (Å²) in [6.07, 6.45) is 6.45. The Morgan fingerprint density at radius 3 is 1.89 bits per heavy atom. The fourth-order valence-electron chi connectivity index (χ4n) is 2.88. The molecule has 0 aliphatic heterocycles. The second kappa shape index (κ2) is 8.13. The van der Waals surface area contributed by atoms with Gasteiger partial charge in [0.2, 0.25) is 0 Å². The summed E-state index contributed by atoms with van der Waals surface area (Å²) < 4.78 is 17.0. The summed E-state index contributed by atoms with van der Waals surface area (Å²) in [7, 11) is 3.56. The molecule has 0 aromatic carbocycles. The molecule has 0 radical (unpaired) electrons. The Labute approximate surface area is 112 Å². The summed E-state index contributed by atoms with van der Waals surface area (Å²) >= 11 is 0. The van der Waals surface area contributed by atoms with Crippen molar-refractivity contribution in [1.82, 2.24) is 0 Å². The Kier molecular flexibility index (Phi) is 7.20. The normalized spacial score (nSPS) is 17.2. The standard InChI is InChI=1S/C15H30O3/c1-5-14(6-2)18-12-15(10-16-3,11-17-4)13-8-7-9-13/h13-14H,5-12H2,1-4H3. The monoisotopic (exact) mass is 258 g/mol. The molecule has 18 heavy (non-hydrogen) atoms. The first-order chi connectivity index (χ1) is 8.72. The summed E-state index contributed by atoms with van der Waals surface area (Å²) in [5.74, 6) is 0.701. The van der Waals surface area contributed by atoms with E-state index in [0.717, 1.165) is 32.7 Å². The molecule has 0 unspecified atom stereocenters. The SMILES string of the molecule is CCC(CC)OCC(COC)(COC)C1CCC1. The van der Waals surface area contributed by atoms with Crippen LogP contribution in [0.1, 0.15) is 46.0 Å². The predicted octanol–water partition coefficient (Wildman–Crippen LogP) is 3.27. The first-order valence-electron chi connectivity index (χ1n) is 7.31. The molecule has 0 spiro atoms. The highest BCUT2D eigenvalue weighted by Gasteiger charge is 2.42. The van der Waals surface area contributed by atoms with Crippen molar-refractivity contribution in [3.05, 3.63) is 0 Å². The molecule has 0 N–H and O–H groups in total. The van der Waals surface area contributed by atoms with Gasteiger partial charge in [-0.15, -0.1) is 0 Å². The Bertz CT molecular complexity index is 204. The zero-order chi connectivity index (χ0) is 13.4. The lowest BCUT2D eigenvalue weighted by atomic mass is 9.66. The Balaban J connectivity index is 2.61. The van der Waals surface area contributed by atoms with Gasteiger partial charge < -0.3 is 14.2 Å². The van der Waals surface area contributed by atoms with Crippen molar-refractivity contribution in [2.75, 3.05) is 34.0 Å². The van der Waals surface area contributed by atoms with Crippen molar-refractivity contribution in [2.24, 2.45) is 11.3 Å². The number of hydrogen-bond acceptors (Lipinski definition) is 3. The van der Waals surface area contributed by atoms with Gasteiger partial charge in [-0.05, 0) is 31.6 Å². The van der Waals surface area contributed by atoms with Crippen molar-refractivity contribution in [2.45, 2.75) is 52.1 Å². The van der Waals surface area contributed by atoms with Crippen LogP contribution in [0, 0.1) is 11.3 Å². The van der Waals surface area contributed by atoms with E-state index in [-0.39, 0.29) is 5.41 Å². The quantitative estimate of drug-likeness (QED) is 0.602. The summed E-state index contributed by atoms with van der Waals surface area (Å²) in [6, 6.07) is 0. The maximum absolute atomic E-state index is 6.11. The van der Waals surface area contributed by atoms with E-state index in [0.29, 0.717) is 12.0 Å². The maximum atomic E-state index is 6.11. The van der Waals surface area contributed by atoms with Crippen LogP contribution in [0.2, 0.25) is 0 Å². The van der Waals surface area contributed by atoms with Crippen molar-refractivity contribution in [3.63, 3.8) is 0 Å². The third-order valence-corrected chi connectivity index (χ3v) is 4.35. The molecule has 0 saturated heterocycles. The van der Waals surface area contributed by atoms with Crippen LogP contribution in [0.15, 0.2) is 0 Å². The van der Waals surface area contributed by atoms with Gasteiger partial charge >= 0.3 is 0 Å². The van der Waals surface area contributed by atoms with Gasteiger partial charge in [-0.3, -0.25) is 0 Å². The fourth-order valence-corrected chi connectivity index (χ4v) is 2.88. The van der Waals surface area contributed by atoms with E-state index >= 15 is 0 Å². The molecular weight excluding hydrogens is 228 g/mol. The molecule has 0 heterocycles. The molecule has 1 rings (SSSR count). The van der Waals surface area contributed by atoms with E-state index in [1.54, 1.807) is 14.2 Å². The van der Waals surface area contributed by atoms with Gasteiger partial charge in [0.1, 0.15) is 0 Å². The van der Waals surface area contributed by atoms with Crippen LogP contribution in [0.5, 0.6) is 0 Å². The molecular formula is C15H30O3. The molecule has 3 heteroatoms. The minimum absolute atomic E-state index is 0.0599. The topological polar surface area (TPSA) is 27.7 Å². The highest BCUT2D eigenvalue weighted by atomic mass is 16.5. The minimum Gasteiger partial charge on any atom is -0.384 e. The molecule has 0 amide bonds. The van der Waals surface area contributed by atoms with Crippen LogP contribution in [0.25, 0.3) is 0 Å². The van der Waals surface area contributed by atoms with E-state index in [2.05, 4.69) is 13.8 Å². The molecule has 0 atom stereocenters. The van der Waals surface area contributed by atoms with Crippen molar-refractivity contribution < 1.29 is 14.2 Å². The van der Waals surface area contributed by atoms with Crippen molar-refractivity contribution >= 4 is 0 Å². The molecule has 0 aromatic rings. The van der Waals surface area contributed by atoms with Crippen LogP contribution in [0.4, 0.5) is 0 Å². The molecule has 3 nitrogen and oxygen atoms in total. The van der Waals surface area contributed by atoms with Gasteiger partial charge in [0.05, 0.1) is 25.9 Å². The predicted molar refractivity (Wildman–Crippen MR) is 73.8 cm³/mol. The van der Waals surface area contributed by atoms with E-state index in [9.17, 15) is 0 Å². The zero-order valence-electron chi connectivity index (χ0n) is 12.5. The number of rotatable bonds is 10. The molecule has 1 fully saturated rings. The van der Waals surface area contributed by atoms with Gasteiger partial charge in [0.25, 0.3) is 0 Å². The van der Waals surface area contributed by atoms with Crippen molar-refractivity contribution in [3.8, 4) is 0 Å². The van der Waals surface area contributed by atoms with Crippen LogP contribution in [-0.2, 0) is 14.2 Å². The van der Waals surface area contributed by atoms with Gasteiger partial charge in [0, 0.05) is 19.6 Å². The maximum Gasteiger partial charge on any atom is 0.0573 e. The van der Waals surface area contributed by atoms with E-state index < -0.39 is 0 Å². The summed E-state index contributed by atoms with van der Waals surface area (Å²) in [6.45, 7) is 6.63. The van der Waals surface area contributed by atoms with Crippen LogP contribution >= 0.6 is 0 Å². The van der Waals surface area contributed by atoms with E-state index in [1.165, 1.54) is 19.3 Å². The summed E-state index contributed by atoms with van der Waals surface area (Å²) in [4.78, 5) is 0. The summed E-state index contributed by atoms with van der Waals surface area (Å²) in [5, 5.41) is 0. The summed E-state index contributed by atoms with van der Waals surface area (Å²) in [5.41, 5.74) is 0.0599. The fraction of sp³-hybridized carbons (Fsp3) is 1.00. The first-order valence-corrected chi connectivity index (χ1v) is 7.31. The second-order valence-corrected chi connectivity index (χ2v) is 5.61. The first kappa shape index (κ1) is 15.9. The van der Waals surface area contributed by atoms with Gasteiger partial charge in [-0.2, -0.15) is 0 Å². The van der Waals surface area contributed by atoms with Gasteiger partial charge in [-0.25, -0.2) is 0 Å². The van der Waals surface area contributed by atoms with Crippen LogP contribution in [-0.4, -0.2) is 40.1 Å². The van der Waals surface area contributed by atoms with E-state index in [4.69, 9.17) is 14.2 Å².